The number of halogens is 2. The lowest BCUT2D eigenvalue weighted by Gasteiger charge is -2.24. The number of nitrogens with one attached hydrogen (secondary N) is 1. The van der Waals surface area contributed by atoms with Gasteiger partial charge in [-0.1, -0.05) is 29.8 Å². The average molecular weight is 332 g/mol. The van der Waals surface area contributed by atoms with Crippen molar-refractivity contribution in [3.63, 3.8) is 0 Å². The summed E-state index contributed by atoms with van der Waals surface area (Å²) in [5.41, 5.74) is 0.518. The first-order valence-electron chi connectivity index (χ1n) is 6.15. The third kappa shape index (κ3) is 4.28. The summed E-state index contributed by atoms with van der Waals surface area (Å²) in [4.78, 5) is 11.7. The molecule has 3 nitrogen and oxygen atoms in total. The van der Waals surface area contributed by atoms with Gasteiger partial charge in [-0.15, -0.1) is 0 Å². The third-order valence-corrected chi connectivity index (χ3v) is 3.47. The molecule has 0 spiro atoms. The molecule has 0 aliphatic heterocycles. The minimum Gasteiger partial charge on any atom is -0.468 e. The Balaban J connectivity index is 2.90. The molecular formula is C14H19BrFNO2. The van der Waals surface area contributed by atoms with Crippen LogP contribution in [-0.4, -0.2) is 19.1 Å². The molecule has 0 aromatic heterocycles. The Labute approximate surface area is 121 Å². The second-order valence-corrected chi connectivity index (χ2v) is 5.71. The van der Waals surface area contributed by atoms with E-state index in [0.717, 1.165) is 4.47 Å². The van der Waals surface area contributed by atoms with Crippen LogP contribution in [0.4, 0.5) is 4.39 Å². The van der Waals surface area contributed by atoms with Crippen LogP contribution in [0.2, 0.25) is 0 Å². The molecule has 1 N–H and O–H groups in total. The molecule has 0 heterocycles. The zero-order chi connectivity index (χ0) is 14.6. The van der Waals surface area contributed by atoms with Gasteiger partial charge in [0.15, 0.2) is 0 Å². The van der Waals surface area contributed by atoms with Gasteiger partial charge < -0.3 is 4.74 Å². The van der Waals surface area contributed by atoms with Crippen LogP contribution in [0.3, 0.4) is 0 Å². The lowest BCUT2D eigenvalue weighted by molar-refractivity contribution is -0.144. The van der Waals surface area contributed by atoms with Crippen LogP contribution in [0.5, 0.6) is 0 Å². The van der Waals surface area contributed by atoms with Gasteiger partial charge in [-0.05, 0) is 31.0 Å². The van der Waals surface area contributed by atoms with Gasteiger partial charge in [0.05, 0.1) is 7.11 Å². The largest absolute Gasteiger partial charge is 0.468 e. The van der Waals surface area contributed by atoms with Gasteiger partial charge in [0.2, 0.25) is 0 Å². The van der Waals surface area contributed by atoms with Gasteiger partial charge in [0.1, 0.15) is 11.9 Å². The van der Waals surface area contributed by atoms with Gasteiger partial charge >= 0.3 is 5.97 Å². The molecule has 0 amide bonds. The molecule has 0 aliphatic carbocycles. The molecule has 2 atom stereocenters. The number of benzene rings is 1. The second kappa shape index (κ2) is 7.01. The highest BCUT2D eigenvalue weighted by atomic mass is 79.9. The van der Waals surface area contributed by atoms with E-state index >= 15 is 0 Å². The van der Waals surface area contributed by atoms with Crippen molar-refractivity contribution >= 4 is 21.9 Å². The van der Waals surface area contributed by atoms with Gasteiger partial charge in [0, 0.05) is 16.1 Å². The van der Waals surface area contributed by atoms with Crippen LogP contribution in [0.25, 0.3) is 0 Å². The van der Waals surface area contributed by atoms with Crippen LogP contribution < -0.4 is 5.32 Å². The maximum Gasteiger partial charge on any atom is 0.323 e. The Morgan fingerprint density at radius 3 is 2.53 bits per heavy atom. The predicted molar refractivity (Wildman–Crippen MR) is 76.3 cm³/mol. The normalized spacial score (nSPS) is 14.3. The SMILES string of the molecule is COC(=O)C(NC(C)c1cc(Br)ccc1F)C(C)C. The first-order chi connectivity index (χ1) is 8.86. The summed E-state index contributed by atoms with van der Waals surface area (Å²) in [6.07, 6.45) is 0. The van der Waals surface area contributed by atoms with E-state index in [9.17, 15) is 9.18 Å². The van der Waals surface area contributed by atoms with Gasteiger partial charge in [0.25, 0.3) is 0 Å². The van der Waals surface area contributed by atoms with E-state index in [0.29, 0.717) is 5.56 Å². The van der Waals surface area contributed by atoms with E-state index in [1.54, 1.807) is 12.1 Å². The van der Waals surface area contributed by atoms with Crippen molar-refractivity contribution in [3.8, 4) is 0 Å². The van der Waals surface area contributed by atoms with Gasteiger partial charge in [-0.2, -0.15) is 0 Å². The molecule has 19 heavy (non-hydrogen) atoms. The Morgan fingerprint density at radius 1 is 1.37 bits per heavy atom. The van der Waals surface area contributed by atoms with E-state index < -0.39 is 6.04 Å². The van der Waals surface area contributed by atoms with Crippen molar-refractivity contribution in [2.75, 3.05) is 7.11 Å². The molecule has 2 unspecified atom stereocenters. The summed E-state index contributed by atoms with van der Waals surface area (Å²) in [7, 11) is 1.35. The number of methoxy groups -OCH3 is 1. The van der Waals surface area contributed by atoms with E-state index in [-0.39, 0.29) is 23.7 Å². The molecular weight excluding hydrogens is 313 g/mol. The maximum atomic E-state index is 13.8. The molecule has 0 aliphatic rings. The van der Waals surface area contributed by atoms with Crippen molar-refractivity contribution in [2.45, 2.75) is 32.9 Å². The zero-order valence-corrected chi connectivity index (χ0v) is 13.1. The molecule has 106 valence electrons. The number of hydrogen-bond donors (Lipinski definition) is 1. The molecule has 0 bridgehead atoms. The molecule has 5 heteroatoms. The Hall–Kier alpha value is -0.940. The van der Waals surface area contributed by atoms with Crippen molar-refractivity contribution in [1.29, 1.82) is 0 Å². The lowest BCUT2D eigenvalue weighted by Crippen LogP contribution is -2.43. The van der Waals surface area contributed by atoms with Crippen molar-refractivity contribution in [2.24, 2.45) is 5.92 Å². The van der Waals surface area contributed by atoms with Crippen molar-refractivity contribution in [3.05, 3.63) is 34.1 Å². The van der Waals surface area contributed by atoms with Crippen LogP contribution in [-0.2, 0) is 9.53 Å². The number of carbonyl (C=O) groups is 1. The van der Waals surface area contributed by atoms with Gasteiger partial charge in [-0.3, -0.25) is 10.1 Å². The fourth-order valence-corrected chi connectivity index (χ4v) is 2.24. The average Bonchev–Trinajstić information content (AvgIpc) is 2.37. The van der Waals surface area contributed by atoms with Crippen LogP contribution in [0.1, 0.15) is 32.4 Å². The molecule has 0 radical (unpaired) electrons. The smallest absolute Gasteiger partial charge is 0.323 e. The molecule has 1 rings (SSSR count). The van der Waals surface area contributed by atoms with E-state index in [1.807, 2.05) is 20.8 Å². The summed E-state index contributed by atoms with van der Waals surface area (Å²) in [6, 6.07) is 4.01. The summed E-state index contributed by atoms with van der Waals surface area (Å²) in [5.74, 6) is -0.571. The summed E-state index contributed by atoms with van der Waals surface area (Å²) in [5, 5.41) is 3.12. The molecule has 0 fully saturated rings. The van der Waals surface area contributed by atoms with E-state index in [4.69, 9.17) is 4.74 Å². The van der Waals surface area contributed by atoms with E-state index in [1.165, 1.54) is 13.2 Å². The second-order valence-electron chi connectivity index (χ2n) is 4.80. The molecule has 1 aromatic rings. The number of ether oxygens (including phenoxy) is 1. The van der Waals surface area contributed by atoms with Crippen molar-refractivity contribution < 1.29 is 13.9 Å². The molecule has 0 saturated carbocycles. The first-order valence-corrected chi connectivity index (χ1v) is 6.95. The minimum absolute atomic E-state index is 0.0603. The lowest BCUT2D eigenvalue weighted by atomic mass is 10.0. The quantitative estimate of drug-likeness (QED) is 0.840. The van der Waals surface area contributed by atoms with Gasteiger partial charge in [-0.25, -0.2) is 4.39 Å². The summed E-state index contributed by atoms with van der Waals surface area (Å²) in [6.45, 7) is 5.65. The van der Waals surface area contributed by atoms with E-state index in [2.05, 4.69) is 21.2 Å². The summed E-state index contributed by atoms with van der Waals surface area (Å²) >= 11 is 3.32. The van der Waals surface area contributed by atoms with Crippen LogP contribution in [0.15, 0.2) is 22.7 Å². The standard InChI is InChI=1S/C14H19BrFNO2/c1-8(2)13(14(18)19-4)17-9(3)11-7-10(15)5-6-12(11)16/h5-9,13,17H,1-4H3. The number of carbonyl (C=O) groups excluding carboxylic acids is 1. The number of rotatable bonds is 5. The third-order valence-electron chi connectivity index (χ3n) is 2.98. The predicted octanol–water partition coefficient (Wildman–Crippen LogP) is 3.44. The van der Waals surface area contributed by atoms with Crippen molar-refractivity contribution in [1.82, 2.24) is 5.32 Å². The maximum absolute atomic E-state index is 13.8. The Morgan fingerprint density at radius 2 is 2.00 bits per heavy atom. The number of hydrogen-bond acceptors (Lipinski definition) is 3. The highest BCUT2D eigenvalue weighted by Crippen LogP contribution is 2.22. The van der Waals surface area contributed by atoms with Crippen LogP contribution >= 0.6 is 15.9 Å². The Kier molecular flexibility index (Phi) is 5.94. The fraction of sp³-hybridized carbons (Fsp3) is 0.500. The first kappa shape index (κ1) is 16.1. The summed E-state index contributed by atoms with van der Waals surface area (Å²) < 4.78 is 19.3. The van der Waals surface area contributed by atoms with Crippen LogP contribution in [0, 0.1) is 11.7 Å². The molecule has 0 saturated heterocycles. The zero-order valence-electron chi connectivity index (χ0n) is 11.5. The molecule has 1 aromatic carbocycles. The highest BCUT2D eigenvalue weighted by molar-refractivity contribution is 9.10. The number of esters is 1. The topological polar surface area (TPSA) is 38.3 Å². The minimum atomic E-state index is -0.460. The highest BCUT2D eigenvalue weighted by Gasteiger charge is 2.25. The Bertz CT molecular complexity index is 451. The monoisotopic (exact) mass is 331 g/mol. The fourth-order valence-electron chi connectivity index (χ4n) is 1.87.